The molecule has 0 amide bonds. The van der Waals surface area contributed by atoms with Crippen LogP contribution in [0.3, 0.4) is 0 Å². The first kappa shape index (κ1) is 13.5. The molecule has 1 N–H and O–H groups in total. The third kappa shape index (κ3) is 4.07. The molecule has 2 unspecified atom stereocenters. The van der Waals surface area contributed by atoms with E-state index in [2.05, 4.69) is 41.3 Å². The van der Waals surface area contributed by atoms with Crippen LogP contribution in [-0.4, -0.2) is 35.6 Å². The molecule has 1 saturated heterocycles. The van der Waals surface area contributed by atoms with Gasteiger partial charge in [-0.2, -0.15) is 0 Å². The zero-order valence-corrected chi connectivity index (χ0v) is 11.6. The van der Waals surface area contributed by atoms with Gasteiger partial charge in [-0.05, 0) is 57.5 Å². The maximum Gasteiger partial charge on any atom is 0.0271 e. The lowest BCUT2D eigenvalue weighted by atomic mass is 9.98. The summed E-state index contributed by atoms with van der Waals surface area (Å²) in [5.74, 6) is 0. The highest BCUT2D eigenvalue weighted by molar-refractivity contribution is 5.09. The first-order valence-corrected chi connectivity index (χ1v) is 7.08. The van der Waals surface area contributed by atoms with Crippen LogP contribution in [0.2, 0.25) is 0 Å². The summed E-state index contributed by atoms with van der Waals surface area (Å²) in [4.78, 5) is 6.50. The van der Waals surface area contributed by atoms with Crippen LogP contribution in [-0.2, 0) is 6.54 Å². The fourth-order valence-corrected chi connectivity index (χ4v) is 2.65. The standard InChI is InChI=1S/C15H25N3/c1-13(11-15-5-3-4-8-17-15)18(2)12-14-6-9-16-10-7-14/h6-7,9-10,13,15,17H,3-5,8,11-12H2,1-2H3. The highest BCUT2D eigenvalue weighted by atomic mass is 15.1. The Hall–Kier alpha value is -0.930. The van der Waals surface area contributed by atoms with Crippen molar-refractivity contribution < 1.29 is 0 Å². The van der Waals surface area contributed by atoms with E-state index in [-0.39, 0.29) is 0 Å². The molecule has 0 saturated carbocycles. The summed E-state index contributed by atoms with van der Waals surface area (Å²) in [6, 6.07) is 5.53. The number of nitrogens with one attached hydrogen (secondary N) is 1. The van der Waals surface area contributed by atoms with E-state index in [1.807, 2.05) is 12.4 Å². The lowest BCUT2D eigenvalue weighted by molar-refractivity contribution is 0.209. The van der Waals surface area contributed by atoms with Crippen molar-refractivity contribution in [2.75, 3.05) is 13.6 Å². The molecule has 0 radical (unpaired) electrons. The molecule has 0 bridgehead atoms. The Morgan fingerprint density at radius 1 is 1.39 bits per heavy atom. The molecule has 1 aromatic heterocycles. The molecule has 3 nitrogen and oxygen atoms in total. The number of piperidine rings is 1. The molecule has 0 aliphatic carbocycles. The van der Waals surface area contributed by atoms with Crippen LogP contribution in [0.4, 0.5) is 0 Å². The molecule has 2 heterocycles. The van der Waals surface area contributed by atoms with Crippen LogP contribution in [0, 0.1) is 0 Å². The second-order valence-corrected chi connectivity index (χ2v) is 5.50. The van der Waals surface area contributed by atoms with Crippen LogP contribution in [0.25, 0.3) is 0 Å². The minimum atomic E-state index is 0.619. The molecule has 1 fully saturated rings. The molecule has 1 aliphatic heterocycles. The summed E-state index contributed by atoms with van der Waals surface area (Å²) in [5.41, 5.74) is 1.34. The summed E-state index contributed by atoms with van der Waals surface area (Å²) >= 11 is 0. The second kappa shape index (κ2) is 6.86. The molecular formula is C15H25N3. The first-order chi connectivity index (χ1) is 8.75. The van der Waals surface area contributed by atoms with Gasteiger partial charge in [-0.25, -0.2) is 0 Å². The fraction of sp³-hybridized carbons (Fsp3) is 0.667. The lowest BCUT2D eigenvalue weighted by Gasteiger charge is -2.31. The van der Waals surface area contributed by atoms with Crippen molar-refractivity contribution in [3.63, 3.8) is 0 Å². The second-order valence-electron chi connectivity index (χ2n) is 5.50. The normalized spacial score (nSPS) is 22.1. The van der Waals surface area contributed by atoms with Crippen molar-refractivity contribution in [1.82, 2.24) is 15.2 Å². The molecule has 1 aliphatic rings. The van der Waals surface area contributed by atoms with Gasteiger partial charge in [-0.1, -0.05) is 6.42 Å². The van der Waals surface area contributed by atoms with E-state index >= 15 is 0 Å². The van der Waals surface area contributed by atoms with Crippen molar-refractivity contribution in [2.24, 2.45) is 0 Å². The summed E-state index contributed by atoms with van der Waals surface area (Å²) in [6.45, 7) is 4.54. The lowest BCUT2D eigenvalue weighted by Crippen LogP contribution is -2.40. The van der Waals surface area contributed by atoms with Gasteiger partial charge >= 0.3 is 0 Å². The Morgan fingerprint density at radius 2 is 2.17 bits per heavy atom. The highest BCUT2D eigenvalue weighted by Gasteiger charge is 2.18. The predicted molar refractivity (Wildman–Crippen MR) is 75.4 cm³/mol. The van der Waals surface area contributed by atoms with Gasteiger partial charge in [0.2, 0.25) is 0 Å². The van der Waals surface area contributed by atoms with E-state index in [1.54, 1.807) is 0 Å². The molecule has 1 aromatic rings. The summed E-state index contributed by atoms with van der Waals surface area (Å²) < 4.78 is 0. The van der Waals surface area contributed by atoms with Crippen molar-refractivity contribution in [3.05, 3.63) is 30.1 Å². The Kier molecular flexibility index (Phi) is 5.14. The summed E-state index contributed by atoms with van der Waals surface area (Å²) in [5, 5.41) is 3.63. The van der Waals surface area contributed by atoms with E-state index in [1.165, 1.54) is 37.8 Å². The van der Waals surface area contributed by atoms with Gasteiger partial charge in [-0.3, -0.25) is 9.88 Å². The number of aromatic nitrogens is 1. The van der Waals surface area contributed by atoms with Gasteiger partial charge in [0.25, 0.3) is 0 Å². The van der Waals surface area contributed by atoms with E-state index in [0.29, 0.717) is 12.1 Å². The number of nitrogens with zero attached hydrogens (tertiary/aromatic N) is 2. The molecule has 18 heavy (non-hydrogen) atoms. The van der Waals surface area contributed by atoms with Crippen LogP contribution >= 0.6 is 0 Å². The van der Waals surface area contributed by atoms with Gasteiger partial charge in [0.05, 0.1) is 0 Å². The number of pyridine rings is 1. The van der Waals surface area contributed by atoms with Crippen LogP contribution in [0.5, 0.6) is 0 Å². The van der Waals surface area contributed by atoms with Crippen LogP contribution < -0.4 is 5.32 Å². The number of rotatable bonds is 5. The third-order valence-electron chi connectivity index (χ3n) is 3.97. The number of hydrogen-bond donors (Lipinski definition) is 1. The van der Waals surface area contributed by atoms with Crippen LogP contribution in [0.1, 0.15) is 38.2 Å². The zero-order chi connectivity index (χ0) is 12.8. The average molecular weight is 247 g/mol. The molecular weight excluding hydrogens is 222 g/mol. The van der Waals surface area contributed by atoms with E-state index in [4.69, 9.17) is 0 Å². The molecule has 0 spiro atoms. The zero-order valence-electron chi connectivity index (χ0n) is 11.6. The molecule has 2 rings (SSSR count). The summed E-state index contributed by atoms with van der Waals surface area (Å²) in [6.07, 6.45) is 9.07. The SMILES string of the molecule is CC(CC1CCCCN1)N(C)Cc1ccncc1. The van der Waals surface area contributed by atoms with E-state index < -0.39 is 0 Å². The predicted octanol–water partition coefficient (Wildman–Crippen LogP) is 2.43. The van der Waals surface area contributed by atoms with Crippen LogP contribution in [0.15, 0.2) is 24.5 Å². The smallest absolute Gasteiger partial charge is 0.0271 e. The monoisotopic (exact) mass is 247 g/mol. The molecule has 0 aromatic carbocycles. The van der Waals surface area contributed by atoms with E-state index in [0.717, 1.165) is 6.54 Å². The average Bonchev–Trinajstić information content (AvgIpc) is 2.41. The Balaban J connectivity index is 1.79. The highest BCUT2D eigenvalue weighted by Crippen LogP contribution is 2.15. The summed E-state index contributed by atoms with van der Waals surface area (Å²) in [7, 11) is 2.22. The van der Waals surface area contributed by atoms with Crippen molar-refractivity contribution in [2.45, 2.75) is 51.2 Å². The van der Waals surface area contributed by atoms with E-state index in [9.17, 15) is 0 Å². The van der Waals surface area contributed by atoms with Crippen molar-refractivity contribution in [1.29, 1.82) is 0 Å². The molecule has 2 atom stereocenters. The van der Waals surface area contributed by atoms with Gasteiger partial charge in [0, 0.05) is 31.0 Å². The fourth-order valence-electron chi connectivity index (χ4n) is 2.65. The third-order valence-corrected chi connectivity index (χ3v) is 3.97. The maximum absolute atomic E-state index is 4.06. The molecule has 3 heteroatoms. The minimum absolute atomic E-state index is 0.619. The quantitative estimate of drug-likeness (QED) is 0.866. The van der Waals surface area contributed by atoms with Crippen molar-refractivity contribution >= 4 is 0 Å². The Labute approximate surface area is 111 Å². The topological polar surface area (TPSA) is 28.2 Å². The van der Waals surface area contributed by atoms with Crippen molar-refractivity contribution in [3.8, 4) is 0 Å². The number of hydrogen-bond acceptors (Lipinski definition) is 3. The first-order valence-electron chi connectivity index (χ1n) is 7.08. The minimum Gasteiger partial charge on any atom is -0.314 e. The Bertz CT molecular complexity index is 333. The maximum atomic E-state index is 4.06. The Morgan fingerprint density at radius 3 is 2.83 bits per heavy atom. The van der Waals surface area contributed by atoms with Gasteiger partial charge in [0.15, 0.2) is 0 Å². The van der Waals surface area contributed by atoms with Gasteiger partial charge < -0.3 is 5.32 Å². The largest absolute Gasteiger partial charge is 0.314 e. The van der Waals surface area contributed by atoms with Gasteiger partial charge in [0.1, 0.15) is 0 Å². The molecule has 100 valence electrons. The van der Waals surface area contributed by atoms with Gasteiger partial charge in [-0.15, -0.1) is 0 Å².